The highest BCUT2D eigenvalue weighted by molar-refractivity contribution is 5.94. The van der Waals surface area contributed by atoms with Crippen LogP contribution < -0.4 is 10.2 Å². The maximum absolute atomic E-state index is 14.1. The molecule has 0 aromatic heterocycles. The number of hydrogen-bond donors (Lipinski definition) is 2. The Morgan fingerprint density at radius 3 is 2.39 bits per heavy atom. The van der Waals surface area contributed by atoms with Crippen molar-refractivity contribution < 1.29 is 19.1 Å². The topological polar surface area (TPSA) is 69.6 Å². The van der Waals surface area contributed by atoms with Crippen LogP contribution in [0.25, 0.3) is 0 Å². The van der Waals surface area contributed by atoms with Crippen molar-refractivity contribution in [3.05, 3.63) is 59.4 Å². The molecule has 0 spiro atoms. The molecule has 146 valence electrons. The van der Waals surface area contributed by atoms with E-state index in [1.165, 1.54) is 12.1 Å². The lowest BCUT2D eigenvalue weighted by Gasteiger charge is -2.46. The lowest BCUT2D eigenvalue weighted by atomic mass is 9.79. The van der Waals surface area contributed by atoms with Crippen molar-refractivity contribution >= 4 is 23.3 Å². The van der Waals surface area contributed by atoms with Crippen molar-refractivity contribution in [3.63, 3.8) is 0 Å². The molecule has 5 nitrogen and oxygen atoms in total. The second-order valence-electron chi connectivity index (χ2n) is 7.78. The smallest absolute Gasteiger partial charge is 0.335 e. The molecule has 28 heavy (non-hydrogen) atoms. The molecule has 0 saturated heterocycles. The normalized spacial score (nSPS) is 23.8. The van der Waals surface area contributed by atoms with Gasteiger partial charge < -0.3 is 15.3 Å². The van der Waals surface area contributed by atoms with E-state index < -0.39 is 5.97 Å². The Hall–Kier alpha value is -2.89. The Morgan fingerprint density at radius 2 is 1.82 bits per heavy atom. The number of nitrogens with one attached hydrogen (secondary N) is 1. The highest BCUT2D eigenvalue weighted by Crippen LogP contribution is 2.50. The van der Waals surface area contributed by atoms with Crippen LogP contribution in [0.2, 0.25) is 0 Å². The highest BCUT2D eigenvalue weighted by Gasteiger charge is 2.47. The number of hydrogen-bond acceptors (Lipinski definition) is 3. The van der Waals surface area contributed by atoms with Crippen LogP contribution in [0.1, 0.15) is 48.7 Å². The van der Waals surface area contributed by atoms with E-state index in [1.807, 2.05) is 4.90 Å². The Kier molecular flexibility index (Phi) is 4.57. The number of carboxylic acid groups (broad SMARTS) is 1. The van der Waals surface area contributed by atoms with Gasteiger partial charge in [0, 0.05) is 35.8 Å². The molecule has 2 aromatic rings. The molecule has 1 fully saturated rings. The van der Waals surface area contributed by atoms with Gasteiger partial charge in [-0.05, 0) is 61.2 Å². The number of nitrogens with zero attached hydrogens (tertiary/aromatic N) is 1. The van der Waals surface area contributed by atoms with Crippen LogP contribution in [-0.4, -0.2) is 23.0 Å². The minimum atomic E-state index is -0.976. The van der Waals surface area contributed by atoms with E-state index in [-0.39, 0.29) is 35.3 Å². The number of aromatic carboxylic acids is 1. The van der Waals surface area contributed by atoms with Crippen LogP contribution in [0.15, 0.2) is 42.5 Å². The molecule has 1 aliphatic carbocycles. The van der Waals surface area contributed by atoms with Crippen molar-refractivity contribution in [2.45, 2.75) is 38.8 Å². The zero-order chi connectivity index (χ0) is 20.0. The fourth-order valence-corrected chi connectivity index (χ4v) is 4.43. The first-order valence-corrected chi connectivity index (χ1v) is 9.56. The summed E-state index contributed by atoms with van der Waals surface area (Å²) in [7, 11) is 0. The summed E-state index contributed by atoms with van der Waals surface area (Å²) < 4.78 is 14.1. The van der Waals surface area contributed by atoms with Crippen molar-refractivity contribution in [3.8, 4) is 0 Å². The van der Waals surface area contributed by atoms with Gasteiger partial charge in [0.05, 0.1) is 11.6 Å². The number of halogens is 1. The van der Waals surface area contributed by atoms with E-state index in [4.69, 9.17) is 5.11 Å². The Morgan fingerprint density at radius 1 is 1.14 bits per heavy atom. The lowest BCUT2D eigenvalue weighted by molar-refractivity contribution is -0.117. The summed E-state index contributed by atoms with van der Waals surface area (Å²) in [5.74, 6) is -0.815. The van der Waals surface area contributed by atoms with Crippen LogP contribution in [0.5, 0.6) is 0 Å². The van der Waals surface area contributed by atoms with E-state index in [1.54, 1.807) is 37.3 Å². The third-order valence-electron chi connectivity index (χ3n) is 5.85. The fourth-order valence-electron chi connectivity index (χ4n) is 4.43. The number of rotatable bonds is 4. The zero-order valence-corrected chi connectivity index (χ0v) is 15.9. The maximum atomic E-state index is 14.1. The number of benzene rings is 2. The standard InChI is InChI=1S/C22H23FN2O3/c1-12-20(24-17-8-5-15(6-9-17)22(27)28)18-11-16(23)7-10-19(18)25(13(2)26)21(12)14-3-4-14/h5-12,14,20-21,24H,3-4H2,1-2H3,(H,27,28)/t12-,20-,21-/m1/s1. The average molecular weight is 382 g/mol. The molecule has 6 heteroatoms. The van der Waals surface area contributed by atoms with E-state index in [0.717, 1.165) is 29.8 Å². The number of anilines is 2. The van der Waals surface area contributed by atoms with Crippen molar-refractivity contribution in [2.24, 2.45) is 11.8 Å². The summed E-state index contributed by atoms with van der Waals surface area (Å²) in [4.78, 5) is 25.4. The predicted molar refractivity (Wildman–Crippen MR) is 105 cm³/mol. The molecular weight excluding hydrogens is 359 g/mol. The average Bonchev–Trinajstić information content (AvgIpc) is 3.48. The van der Waals surface area contributed by atoms with E-state index in [2.05, 4.69) is 12.2 Å². The molecule has 1 heterocycles. The first-order valence-electron chi connectivity index (χ1n) is 9.56. The van der Waals surface area contributed by atoms with Crippen LogP contribution >= 0.6 is 0 Å². The van der Waals surface area contributed by atoms with Gasteiger partial charge in [0.1, 0.15) is 5.82 Å². The van der Waals surface area contributed by atoms with Crippen molar-refractivity contribution in [1.29, 1.82) is 0 Å². The largest absolute Gasteiger partial charge is 0.478 e. The molecule has 1 aliphatic heterocycles. The molecule has 2 aliphatic rings. The van der Waals surface area contributed by atoms with Gasteiger partial charge in [0.15, 0.2) is 0 Å². The van der Waals surface area contributed by atoms with E-state index >= 15 is 0 Å². The second-order valence-corrected chi connectivity index (χ2v) is 7.78. The molecular formula is C22H23FN2O3. The summed E-state index contributed by atoms with van der Waals surface area (Å²) in [6.45, 7) is 3.66. The van der Waals surface area contributed by atoms with Gasteiger partial charge in [0.25, 0.3) is 0 Å². The lowest BCUT2D eigenvalue weighted by Crippen LogP contribution is -2.51. The van der Waals surface area contributed by atoms with Gasteiger partial charge in [-0.25, -0.2) is 9.18 Å². The number of amides is 1. The van der Waals surface area contributed by atoms with E-state index in [9.17, 15) is 14.0 Å². The van der Waals surface area contributed by atoms with Gasteiger partial charge in [-0.1, -0.05) is 6.92 Å². The molecule has 2 N–H and O–H groups in total. The SMILES string of the molecule is CC(=O)N1c2ccc(F)cc2[C@H](Nc2ccc(C(=O)O)cc2)[C@@H](C)[C@@H]1C1CC1. The minimum Gasteiger partial charge on any atom is -0.478 e. The summed E-state index contributed by atoms with van der Waals surface area (Å²) in [5.41, 5.74) is 2.49. The van der Waals surface area contributed by atoms with Gasteiger partial charge in [-0.3, -0.25) is 4.79 Å². The molecule has 0 bridgehead atoms. The molecule has 2 aromatic carbocycles. The second kappa shape index (κ2) is 6.93. The molecule has 0 unspecified atom stereocenters. The third kappa shape index (κ3) is 3.23. The molecule has 3 atom stereocenters. The minimum absolute atomic E-state index is 0.0270. The first kappa shape index (κ1) is 18.5. The van der Waals surface area contributed by atoms with Crippen LogP contribution in [0.3, 0.4) is 0 Å². The Bertz CT molecular complexity index is 924. The first-order chi connectivity index (χ1) is 13.4. The molecule has 0 radical (unpaired) electrons. The van der Waals surface area contributed by atoms with Crippen LogP contribution in [0.4, 0.5) is 15.8 Å². The third-order valence-corrected chi connectivity index (χ3v) is 5.85. The molecule has 1 saturated carbocycles. The fraction of sp³-hybridized carbons (Fsp3) is 0.364. The summed E-state index contributed by atoms with van der Waals surface area (Å²) >= 11 is 0. The highest BCUT2D eigenvalue weighted by atomic mass is 19.1. The summed E-state index contributed by atoms with van der Waals surface area (Å²) in [5, 5.41) is 12.5. The quantitative estimate of drug-likeness (QED) is 0.819. The van der Waals surface area contributed by atoms with Crippen LogP contribution in [0, 0.1) is 17.7 Å². The van der Waals surface area contributed by atoms with Gasteiger partial charge >= 0.3 is 5.97 Å². The van der Waals surface area contributed by atoms with Gasteiger partial charge in [-0.2, -0.15) is 0 Å². The maximum Gasteiger partial charge on any atom is 0.335 e. The predicted octanol–water partition coefficient (Wildman–Crippen LogP) is 4.46. The molecule has 1 amide bonds. The number of fused-ring (bicyclic) bond motifs is 1. The number of carbonyl (C=O) groups excluding carboxylic acids is 1. The Balaban J connectivity index is 1.74. The van der Waals surface area contributed by atoms with Crippen molar-refractivity contribution in [2.75, 3.05) is 10.2 Å². The van der Waals surface area contributed by atoms with E-state index in [0.29, 0.717) is 5.92 Å². The van der Waals surface area contributed by atoms with Crippen molar-refractivity contribution in [1.82, 2.24) is 0 Å². The zero-order valence-electron chi connectivity index (χ0n) is 15.9. The van der Waals surface area contributed by atoms with Gasteiger partial charge in [0.2, 0.25) is 5.91 Å². The number of carbonyl (C=O) groups is 2. The monoisotopic (exact) mass is 382 g/mol. The van der Waals surface area contributed by atoms with Crippen LogP contribution in [-0.2, 0) is 4.79 Å². The summed E-state index contributed by atoms with van der Waals surface area (Å²) in [6.07, 6.45) is 2.19. The molecule has 4 rings (SSSR count). The van der Waals surface area contributed by atoms with Gasteiger partial charge in [-0.15, -0.1) is 0 Å². The summed E-state index contributed by atoms with van der Waals surface area (Å²) in [6, 6.07) is 11.0. The number of carboxylic acids is 1. The Labute approximate surface area is 163 Å².